The lowest BCUT2D eigenvalue weighted by Crippen LogP contribution is -2.49. The van der Waals surface area contributed by atoms with Crippen molar-refractivity contribution in [2.75, 3.05) is 39.3 Å². The first-order valence-electron chi connectivity index (χ1n) is 5.98. The molecule has 0 aromatic rings. The van der Waals surface area contributed by atoms with Gasteiger partial charge in [0.2, 0.25) is 5.91 Å². The number of hydrogen-bond donors (Lipinski definition) is 1. The maximum atomic E-state index is 11.7. The number of carbonyl (C=O) groups is 1. The van der Waals surface area contributed by atoms with E-state index in [9.17, 15) is 4.79 Å². The first-order chi connectivity index (χ1) is 7.27. The van der Waals surface area contributed by atoms with Gasteiger partial charge in [0.25, 0.3) is 0 Å². The minimum atomic E-state index is 0.323. The van der Waals surface area contributed by atoms with E-state index in [-0.39, 0.29) is 0 Å². The Balaban J connectivity index is 2.21. The van der Waals surface area contributed by atoms with Crippen LogP contribution in [-0.2, 0) is 4.79 Å². The molecule has 4 nitrogen and oxygen atoms in total. The zero-order chi connectivity index (χ0) is 11.1. The van der Waals surface area contributed by atoms with E-state index in [2.05, 4.69) is 11.8 Å². The van der Waals surface area contributed by atoms with Crippen molar-refractivity contribution in [2.45, 2.75) is 26.2 Å². The molecule has 1 fully saturated rings. The Morgan fingerprint density at radius 3 is 2.47 bits per heavy atom. The van der Waals surface area contributed by atoms with Crippen molar-refractivity contribution >= 4 is 5.91 Å². The van der Waals surface area contributed by atoms with Gasteiger partial charge in [-0.05, 0) is 6.42 Å². The van der Waals surface area contributed by atoms with Crippen LogP contribution >= 0.6 is 0 Å². The van der Waals surface area contributed by atoms with E-state index in [1.54, 1.807) is 0 Å². The van der Waals surface area contributed by atoms with Crippen LogP contribution in [0.2, 0.25) is 0 Å². The average molecular weight is 213 g/mol. The maximum absolute atomic E-state index is 11.7. The molecule has 1 aliphatic rings. The van der Waals surface area contributed by atoms with Crippen LogP contribution in [0.4, 0.5) is 0 Å². The third-order valence-electron chi connectivity index (χ3n) is 2.91. The first kappa shape index (κ1) is 12.5. The molecule has 0 spiro atoms. The highest BCUT2D eigenvalue weighted by Gasteiger charge is 2.19. The summed E-state index contributed by atoms with van der Waals surface area (Å²) in [4.78, 5) is 16.0. The Morgan fingerprint density at radius 1 is 1.27 bits per heavy atom. The summed E-state index contributed by atoms with van der Waals surface area (Å²) in [6.45, 7) is 7.50. The van der Waals surface area contributed by atoms with Crippen LogP contribution < -0.4 is 5.73 Å². The second-order valence-electron chi connectivity index (χ2n) is 4.11. The Morgan fingerprint density at radius 2 is 1.93 bits per heavy atom. The van der Waals surface area contributed by atoms with Gasteiger partial charge in [0.1, 0.15) is 0 Å². The summed E-state index contributed by atoms with van der Waals surface area (Å²) in [6.07, 6.45) is 2.83. The summed E-state index contributed by atoms with van der Waals surface area (Å²) in [5, 5.41) is 0. The number of unbranched alkanes of at least 4 members (excludes halogenated alkanes) is 1. The zero-order valence-corrected chi connectivity index (χ0v) is 9.74. The molecule has 1 rings (SSSR count). The van der Waals surface area contributed by atoms with E-state index in [4.69, 9.17) is 5.73 Å². The topological polar surface area (TPSA) is 49.6 Å². The van der Waals surface area contributed by atoms with Crippen molar-refractivity contribution in [3.63, 3.8) is 0 Å². The van der Waals surface area contributed by atoms with Gasteiger partial charge < -0.3 is 10.6 Å². The monoisotopic (exact) mass is 213 g/mol. The molecular weight excluding hydrogens is 190 g/mol. The largest absolute Gasteiger partial charge is 0.340 e. The lowest BCUT2D eigenvalue weighted by Gasteiger charge is -2.34. The normalized spacial score (nSPS) is 18.1. The van der Waals surface area contributed by atoms with Gasteiger partial charge in [-0.15, -0.1) is 0 Å². The zero-order valence-electron chi connectivity index (χ0n) is 9.74. The van der Waals surface area contributed by atoms with Crippen molar-refractivity contribution in [3.8, 4) is 0 Å². The summed E-state index contributed by atoms with van der Waals surface area (Å²) in [5.74, 6) is 0.323. The van der Waals surface area contributed by atoms with Crippen molar-refractivity contribution < 1.29 is 4.79 Å². The first-order valence-corrected chi connectivity index (χ1v) is 5.98. The smallest absolute Gasteiger partial charge is 0.222 e. The van der Waals surface area contributed by atoms with E-state index in [1.165, 1.54) is 0 Å². The summed E-state index contributed by atoms with van der Waals surface area (Å²) in [6, 6.07) is 0. The SMILES string of the molecule is CCCCC(=O)N1CCN(CCN)CC1. The minimum absolute atomic E-state index is 0.323. The molecule has 0 atom stereocenters. The lowest BCUT2D eigenvalue weighted by molar-refractivity contribution is -0.133. The number of rotatable bonds is 5. The van der Waals surface area contributed by atoms with Crippen molar-refractivity contribution in [3.05, 3.63) is 0 Å². The molecule has 1 saturated heterocycles. The molecule has 2 N–H and O–H groups in total. The molecule has 4 heteroatoms. The molecule has 0 aliphatic carbocycles. The Bertz CT molecular complexity index is 188. The van der Waals surface area contributed by atoms with Crippen LogP contribution in [0.5, 0.6) is 0 Å². The molecule has 1 heterocycles. The lowest BCUT2D eigenvalue weighted by atomic mass is 10.2. The minimum Gasteiger partial charge on any atom is -0.340 e. The van der Waals surface area contributed by atoms with E-state index >= 15 is 0 Å². The van der Waals surface area contributed by atoms with E-state index in [0.717, 1.165) is 45.6 Å². The van der Waals surface area contributed by atoms with Gasteiger partial charge in [0.05, 0.1) is 0 Å². The fourth-order valence-corrected chi connectivity index (χ4v) is 1.89. The Labute approximate surface area is 92.4 Å². The van der Waals surface area contributed by atoms with Crippen molar-refractivity contribution in [1.29, 1.82) is 0 Å². The molecule has 0 unspecified atom stereocenters. The van der Waals surface area contributed by atoms with Crippen LogP contribution in [0.1, 0.15) is 26.2 Å². The van der Waals surface area contributed by atoms with Gasteiger partial charge in [-0.3, -0.25) is 9.69 Å². The highest BCUT2D eigenvalue weighted by molar-refractivity contribution is 5.76. The third-order valence-corrected chi connectivity index (χ3v) is 2.91. The van der Waals surface area contributed by atoms with Gasteiger partial charge in [-0.2, -0.15) is 0 Å². The molecule has 0 aromatic carbocycles. The second kappa shape index (κ2) is 6.80. The number of amides is 1. The summed E-state index contributed by atoms with van der Waals surface area (Å²) >= 11 is 0. The van der Waals surface area contributed by atoms with Crippen molar-refractivity contribution in [2.24, 2.45) is 5.73 Å². The molecule has 15 heavy (non-hydrogen) atoms. The van der Waals surface area contributed by atoms with Gasteiger partial charge >= 0.3 is 0 Å². The fourth-order valence-electron chi connectivity index (χ4n) is 1.89. The van der Waals surface area contributed by atoms with Gasteiger partial charge in [0, 0.05) is 45.7 Å². The van der Waals surface area contributed by atoms with Crippen LogP contribution in [0, 0.1) is 0 Å². The number of carbonyl (C=O) groups excluding carboxylic acids is 1. The predicted molar refractivity (Wildman–Crippen MR) is 61.6 cm³/mol. The van der Waals surface area contributed by atoms with Crippen LogP contribution in [-0.4, -0.2) is 55.0 Å². The predicted octanol–water partition coefficient (Wildman–Crippen LogP) is 0.280. The Kier molecular flexibility index (Phi) is 5.65. The summed E-state index contributed by atoms with van der Waals surface area (Å²) < 4.78 is 0. The van der Waals surface area contributed by atoms with E-state index in [1.807, 2.05) is 4.90 Å². The highest BCUT2D eigenvalue weighted by atomic mass is 16.2. The van der Waals surface area contributed by atoms with Gasteiger partial charge in [-0.25, -0.2) is 0 Å². The molecule has 1 aliphatic heterocycles. The third kappa shape index (κ3) is 4.18. The van der Waals surface area contributed by atoms with Crippen LogP contribution in [0.15, 0.2) is 0 Å². The van der Waals surface area contributed by atoms with E-state index in [0.29, 0.717) is 18.9 Å². The summed E-state index contributed by atoms with van der Waals surface area (Å²) in [7, 11) is 0. The van der Waals surface area contributed by atoms with Gasteiger partial charge in [0.15, 0.2) is 0 Å². The van der Waals surface area contributed by atoms with Gasteiger partial charge in [-0.1, -0.05) is 13.3 Å². The average Bonchev–Trinajstić information content (AvgIpc) is 2.27. The van der Waals surface area contributed by atoms with E-state index < -0.39 is 0 Å². The molecule has 0 radical (unpaired) electrons. The standard InChI is InChI=1S/C11H23N3O/c1-2-3-4-11(15)14-9-7-13(6-5-12)8-10-14/h2-10,12H2,1H3. The molecule has 1 amide bonds. The molecule has 88 valence electrons. The summed E-state index contributed by atoms with van der Waals surface area (Å²) in [5.41, 5.74) is 5.50. The Hall–Kier alpha value is -0.610. The van der Waals surface area contributed by atoms with Crippen LogP contribution in [0.25, 0.3) is 0 Å². The molecule has 0 bridgehead atoms. The fraction of sp³-hybridized carbons (Fsp3) is 0.909. The quantitative estimate of drug-likeness (QED) is 0.713. The number of nitrogens with two attached hydrogens (primary N) is 1. The molecule has 0 aromatic heterocycles. The number of nitrogens with zero attached hydrogens (tertiary/aromatic N) is 2. The maximum Gasteiger partial charge on any atom is 0.222 e. The highest BCUT2D eigenvalue weighted by Crippen LogP contribution is 2.05. The van der Waals surface area contributed by atoms with Crippen LogP contribution in [0.3, 0.4) is 0 Å². The number of piperazine rings is 1. The molecular formula is C11H23N3O. The second-order valence-corrected chi connectivity index (χ2v) is 4.11. The number of hydrogen-bond acceptors (Lipinski definition) is 3. The molecule has 0 saturated carbocycles. The van der Waals surface area contributed by atoms with Crippen molar-refractivity contribution in [1.82, 2.24) is 9.80 Å².